The zero-order chi connectivity index (χ0) is 34.1. The number of rotatable bonds is 5. The van der Waals surface area contributed by atoms with Gasteiger partial charge in [0.05, 0.1) is 11.1 Å². The molecular formula is C50H37N. The molecule has 0 amide bonds. The second kappa shape index (κ2) is 11.4. The van der Waals surface area contributed by atoms with E-state index in [0.29, 0.717) is 0 Å². The molecule has 3 aliphatic rings. The van der Waals surface area contributed by atoms with E-state index in [-0.39, 0.29) is 5.41 Å². The molecule has 0 saturated carbocycles. The molecule has 0 bridgehead atoms. The largest absolute Gasteiger partial charge is 0.310 e. The molecule has 242 valence electrons. The standard InChI is InChI=1S/C50H37N/c1-3-14-40-33(2)50(45-21-11-9-19-43(40)45)46-22-12-10-20-44(46)49-47(50)23-13-24-48(49)51(38-27-25-35(26-28-38)34-15-5-4-6-16-34)39-29-30-42-37(32-39)31-36-17-7-8-18-41(36)42/h3-30,32H,31H2,1-2H3/b14-3-. The molecule has 7 aromatic rings. The van der Waals surface area contributed by atoms with E-state index in [4.69, 9.17) is 0 Å². The van der Waals surface area contributed by atoms with Crippen molar-refractivity contribution in [1.29, 1.82) is 0 Å². The van der Waals surface area contributed by atoms with Gasteiger partial charge >= 0.3 is 0 Å². The van der Waals surface area contributed by atoms with Crippen molar-refractivity contribution in [3.63, 3.8) is 0 Å². The predicted molar refractivity (Wildman–Crippen MR) is 214 cm³/mol. The average Bonchev–Trinajstić information content (AvgIpc) is 3.79. The molecule has 0 heterocycles. The second-order valence-electron chi connectivity index (χ2n) is 14.0. The van der Waals surface area contributed by atoms with Crippen molar-refractivity contribution < 1.29 is 0 Å². The van der Waals surface area contributed by atoms with Crippen molar-refractivity contribution in [2.24, 2.45) is 0 Å². The van der Waals surface area contributed by atoms with Gasteiger partial charge in [0, 0.05) is 16.9 Å². The summed E-state index contributed by atoms with van der Waals surface area (Å²) in [5.74, 6) is 0. The Kier molecular flexibility index (Phi) is 6.66. The van der Waals surface area contributed by atoms with E-state index in [1.54, 1.807) is 0 Å². The highest BCUT2D eigenvalue weighted by atomic mass is 15.1. The summed E-state index contributed by atoms with van der Waals surface area (Å²) >= 11 is 0. The van der Waals surface area contributed by atoms with E-state index in [1.807, 2.05) is 0 Å². The first kappa shape index (κ1) is 29.7. The summed E-state index contributed by atoms with van der Waals surface area (Å²) in [6.45, 7) is 4.48. The lowest BCUT2D eigenvalue weighted by molar-refractivity contribution is 0.766. The topological polar surface area (TPSA) is 3.24 Å². The summed E-state index contributed by atoms with van der Waals surface area (Å²) in [6.07, 6.45) is 5.43. The smallest absolute Gasteiger partial charge is 0.0686 e. The van der Waals surface area contributed by atoms with Gasteiger partial charge in [0.1, 0.15) is 0 Å². The molecular weight excluding hydrogens is 615 g/mol. The Labute approximate surface area is 300 Å². The summed E-state index contributed by atoms with van der Waals surface area (Å²) in [4.78, 5) is 2.50. The van der Waals surface area contributed by atoms with Gasteiger partial charge in [-0.3, -0.25) is 0 Å². The summed E-state index contributed by atoms with van der Waals surface area (Å²) in [5.41, 5.74) is 21.8. The third-order valence-corrected chi connectivity index (χ3v) is 11.5. The van der Waals surface area contributed by atoms with Crippen molar-refractivity contribution in [2.75, 3.05) is 4.90 Å². The van der Waals surface area contributed by atoms with Gasteiger partial charge in [-0.25, -0.2) is 0 Å². The molecule has 1 nitrogen and oxygen atoms in total. The normalized spacial score (nSPS) is 16.3. The molecule has 0 aromatic heterocycles. The van der Waals surface area contributed by atoms with Crippen LogP contribution in [0.25, 0.3) is 39.0 Å². The number of allylic oxidation sites excluding steroid dienone is 4. The highest BCUT2D eigenvalue weighted by molar-refractivity contribution is 6.01. The van der Waals surface area contributed by atoms with Gasteiger partial charge in [0.15, 0.2) is 0 Å². The van der Waals surface area contributed by atoms with Gasteiger partial charge in [-0.05, 0) is 123 Å². The first-order valence-electron chi connectivity index (χ1n) is 18.0. The number of nitrogens with zero attached hydrogens (tertiary/aromatic N) is 1. The van der Waals surface area contributed by atoms with E-state index >= 15 is 0 Å². The minimum atomic E-state index is -0.365. The van der Waals surface area contributed by atoms with Crippen LogP contribution in [0.1, 0.15) is 47.2 Å². The van der Waals surface area contributed by atoms with Crippen molar-refractivity contribution >= 4 is 22.6 Å². The van der Waals surface area contributed by atoms with Crippen LogP contribution in [0.2, 0.25) is 0 Å². The lowest BCUT2D eigenvalue weighted by Gasteiger charge is -2.32. The Morgan fingerprint density at radius 2 is 1.12 bits per heavy atom. The molecule has 1 heteroatoms. The Morgan fingerprint density at radius 3 is 1.90 bits per heavy atom. The molecule has 51 heavy (non-hydrogen) atoms. The van der Waals surface area contributed by atoms with Crippen LogP contribution in [0.5, 0.6) is 0 Å². The van der Waals surface area contributed by atoms with Crippen LogP contribution in [-0.4, -0.2) is 0 Å². The predicted octanol–water partition coefficient (Wildman–Crippen LogP) is 13.1. The second-order valence-corrected chi connectivity index (χ2v) is 14.0. The zero-order valence-corrected chi connectivity index (χ0v) is 28.9. The van der Waals surface area contributed by atoms with Gasteiger partial charge in [0.25, 0.3) is 0 Å². The average molecular weight is 652 g/mol. The Balaban J connectivity index is 1.23. The fourth-order valence-electron chi connectivity index (χ4n) is 9.35. The Morgan fingerprint density at radius 1 is 0.510 bits per heavy atom. The van der Waals surface area contributed by atoms with Crippen LogP contribution < -0.4 is 4.90 Å². The van der Waals surface area contributed by atoms with Crippen molar-refractivity contribution in [3.05, 3.63) is 215 Å². The molecule has 1 spiro atoms. The molecule has 0 saturated heterocycles. The van der Waals surface area contributed by atoms with Crippen LogP contribution in [0, 0.1) is 0 Å². The van der Waals surface area contributed by atoms with E-state index in [9.17, 15) is 0 Å². The molecule has 0 N–H and O–H groups in total. The van der Waals surface area contributed by atoms with E-state index in [0.717, 1.165) is 12.1 Å². The fourth-order valence-corrected chi connectivity index (χ4v) is 9.35. The van der Waals surface area contributed by atoms with Crippen molar-refractivity contribution in [2.45, 2.75) is 25.7 Å². The summed E-state index contributed by atoms with van der Waals surface area (Å²) in [5, 5.41) is 0. The van der Waals surface area contributed by atoms with Gasteiger partial charge < -0.3 is 4.90 Å². The highest BCUT2D eigenvalue weighted by Gasteiger charge is 2.51. The van der Waals surface area contributed by atoms with Gasteiger partial charge in [-0.1, -0.05) is 146 Å². The van der Waals surface area contributed by atoms with Crippen LogP contribution in [-0.2, 0) is 11.8 Å². The van der Waals surface area contributed by atoms with Crippen LogP contribution in [0.4, 0.5) is 17.1 Å². The van der Waals surface area contributed by atoms with Crippen LogP contribution in [0.15, 0.2) is 182 Å². The SMILES string of the molecule is C/C=C\C1=C(C)C2(c3ccccc31)c1ccccc1-c1c(N(c3ccc(-c4ccccc4)cc3)c3ccc4c(c3)Cc3ccccc3-4)cccc12. The van der Waals surface area contributed by atoms with Gasteiger partial charge in [-0.2, -0.15) is 0 Å². The quantitative estimate of drug-likeness (QED) is 0.179. The number of hydrogen-bond acceptors (Lipinski definition) is 1. The molecule has 0 radical (unpaired) electrons. The maximum absolute atomic E-state index is 2.50. The van der Waals surface area contributed by atoms with Crippen LogP contribution in [0.3, 0.4) is 0 Å². The number of hydrogen-bond donors (Lipinski definition) is 0. The lowest BCUT2D eigenvalue weighted by Crippen LogP contribution is -2.26. The minimum absolute atomic E-state index is 0.365. The molecule has 0 aliphatic heterocycles. The van der Waals surface area contributed by atoms with Crippen molar-refractivity contribution in [3.8, 4) is 33.4 Å². The van der Waals surface area contributed by atoms with Crippen molar-refractivity contribution in [1.82, 2.24) is 0 Å². The van der Waals surface area contributed by atoms with Gasteiger partial charge in [0.2, 0.25) is 0 Å². The molecule has 3 aliphatic carbocycles. The summed E-state index contributed by atoms with van der Waals surface area (Å²) in [7, 11) is 0. The number of anilines is 3. The molecule has 1 atom stereocenters. The monoisotopic (exact) mass is 651 g/mol. The van der Waals surface area contributed by atoms with E-state index in [1.165, 1.54) is 89.3 Å². The summed E-state index contributed by atoms with van der Waals surface area (Å²) < 4.78 is 0. The van der Waals surface area contributed by atoms with Gasteiger partial charge in [-0.15, -0.1) is 0 Å². The lowest BCUT2D eigenvalue weighted by atomic mass is 9.70. The van der Waals surface area contributed by atoms with E-state index in [2.05, 4.69) is 195 Å². The molecule has 0 fully saturated rings. The maximum Gasteiger partial charge on any atom is 0.0686 e. The Hall–Kier alpha value is -6.18. The first-order chi connectivity index (χ1) is 25.2. The number of benzene rings is 7. The van der Waals surface area contributed by atoms with E-state index < -0.39 is 0 Å². The van der Waals surface area contributed by atoms with Crippen LogP contribution >= 0.6 is 0 Å². The zero-order valence-electron chi connectivity index (χ0n) is 28.9. The highest BCUT2D eigenvalue weighted by Crippen LogP contribution is 2.64. The third kappa shape index (κ3) is 4.22. The Bertz CT molecular complexity index is 2570. The molecule has 10 rings (SSSR count). The minimum Gasteiger partial charge on any atom is -0.310 e. The third-order valence-electron chi connectivity index (χ3n) is 11.5. The molecule has 7 aromatic carbocycles. The first-order valence-corrected chi connectivity index (χ1v) is 18.0. The molecule has 1 unspecified atom stereocenters. The summed E-state index contributed by atoms with van der Waals surface area (Å²) in [6, 6.07) is 60.9. The maximum atomic E-state index is 2.50. The number of fused-ring (bicyclic) bond motifs is 10. The fraction of sp³-hybridized carbons (Fsp3) is 0.0800.